The van der Waals surface area contributed by atoms with Crippen LogP contribution in [-0.4, -0.2) is 26.6 Å². The minimum Gasteiger partial charge on any atom is -0.444 e. The van der Waals surface area contributed by atoms with E-state index in [0.717, 1.165) is 22.0 Å². The molecule has 6 nitrogen and oxygen atoms in total. The number of alkyl carbamates (subject to hydrolysis) is 1. The van der Waals surface area contributed by atoms with Crippen molar-refractivity contribution in [3.05, 3.63) is 77.1 Å². The maximum absolute atomic E-state index is 13.3. The van der Waals surface area contributed by atoms with Gasteiger partial charge in [-0.25, -0.2) is 14.2 Å². The first-order chi connectivity index (χ1) is 15.5. The summed E-state index contributed by atoms with van der Waals surface area (Å²) in [6.45, 7) is 7.32. The van der Waals surface area contributed by atoms with E-state index < -0.39 is 17.2 Å². The minimum absolute atomic E-state index is 0.311. The first kappa shape index (κ1) is 22.9. The molecule has 4 aromatic rings. The Morgan fingerprint density at radius 2 is 1.88 bits per heavy atom. The topological polar surface area (TPSA) is 82.8 Å². The van der Waals surface area contributed by atoms with Gasteiger partial charge in [0.05, 0.1) is 11.9 Å². The highest BCUT2D eigenvalue weighted by Gasteiger charge is 2.35. The number of aromatic amines is 2. The summed E-state index contributed by atoms with van der Waals surface area (Å²) in [5.41, 5.74) is 1.83. The molecule has 0 saturated carbocycles. The largest absolute Gasteiger partial charge is 0.444 e. The van der Waals surface area contributed by atoms with Gasteiger partial charge in [-0.15, -0.1) is 0 Å². The standard InChI is InChI=1S/C25H26ClFN4O2/c1-24(2,3)33-23(32)31-25(4,12-16-13-28-20-11-17(26)7-10-19(16)20)22-29-14-21(30-22)15-5-8-18(27)9-6-15/h5-11,13-14,28H,12H2,1-4H3,(H,29,30)(H,31,32). The maximum atomic E-state index is 13.3. The van der Waals surface area contributed by atoms with Crippen LogP contribution in [0.25, 0.3) is 22.2 Å². The van der Waals surface area contributed by atoms with Crippen molar-refractivity contribution >= 4 is 28.6 Å². The summed E-state index contributed by atoms with van der Waals surface area (Å²) in [6, 6.07) is 11.8. The van der Waals surface area contributed by atoms with Gasteiger partial charge in [-0.2, -0.15) is 0 Å². The van der Waals surface area contributed by atoms with E-state index in [4.69, 9.17) is 16.3 Å². The molecule has 2 heterocycles. The van der Waals surface area contributed by atoms with Gasteiger partial charge in [-0.3, -0.25) is 0 Å². The number of hydrogen-bond acceptors (Lipinski definition) is 3. The summed E-state index contributed by atoms with van der Waals surface area (Å²) in [5.74, 6) is 0.241. The molecule has 2 aromatic heterocycles. The summed E-state index contributed by atoms with van der Waals surface area (Å²) in [5, 5.41) is 4.64. The van der Waals surface area contributed by atoms with E-state index in [0.29, 0.717) is 23.0 Å². The number of nitrogens with one attached hydrogen (secondary N) is 3. The highest BCUT2D eigenvalue weighted by Crippen LogP contribution is 2.31. The zero-order valence-electron chi connectivity index (χ0n) is 18.9. The van der Waals surface area contributed by atoms with Crippen molar-refractivity contribution in [3.63, 3.8) is 0 Å². The number of carbonyl (C=O) groups is 1. The molecular weight excluding hydrogens is 443 g/mol. The average molecular weight is 469 g/mol. The lowest BCUT2D eigenvalue weighted by atomic mass is 9.91. The first-order valence-corrected chi connectivity index (χ1v) is 11.0. The maximum Gasteiger partial charge on any atom is 0.408 e. The predicted molar refractivity (Wildman–Crippen MR) is 128 cm³/mol. The van der Waals surface area contributed by atoms with Crippen LogP contribution in [-0.2, 0) is 16.7 Å². The number of fused-ring (bicyclic) bond motifs is 1. The van der Waals surface area contributed by atoms with Crippen LogP contribution in [0, 0.1) is 5.82 Å². The summed E-state index contributed by atoms with van der Waals surface area (Å²) < 4.78 is 18.9. The number of rotatable bonds is 5. The zero-order chi connectivity index (χ0) is 23.8. The molecule has 1 atom stereocenters. The summed E-state index contributed by atoms with van der Waals surface area (Å²) in [4.78, 5) is 23.8. The Balaban J connectivity index is 1.71. The van der Waals surface area contributed by atoms with E-state index in [9.17, 15) is 9.18 Å². The molecule has 0 aliphatic carbocycles. The highest BCUT2D eigenvalue weighted by atomic mass is 35.5. The smallest absolute Gasteiger partial charge is 0.408 e. The van der Waals surface area contributed by atoms with Crippen molar-refractivity contribution < 1.29 is 13.9 Å². The van der Waals surface area contributed by atoms with Crippen molar-refractivity contribution in [2.45, 2.75) is 45.3 Å². The molecule has 172 valence electrons. The van der Waals surface area contributed by atoms with Gasteiger partial charge in [-0.1, -0.05) is 17.7 Å². The molecule has 1 unspecified atom stereocenters. The molecule has 33 heavy (non-hydrogen) atoms. The fourth-order valence-electron chi connectivity index (χ4n) is 3.78. The summed E-state index contributed by atoms with van der Waals surface area (Å²) in [6.07, 6.45) is 3.46. The molecular formula is C25H26ClFN4O2. The molecule has 0 bridgehead atoms. The second-order valence-electron chi connectivity index (χ2n) is 9.29. The fourth-order valence-corrected chi connectivity index (χ4v) is 3.95. The quantitative estimate of drug-likeness (QED) is 0.320. The average Bonchev–Trinajstić information content (AvgIpc) is 3.35. The molecule has 0 saturated heterocycles. The van der Waals surface area contributed by atoms with E-state index in [1.807, 2.05) is 52.1 Å². The SMILES string of the molecule is CC(C)(C)OC(=O)NC(C)(Cc1c[nH]c2cc(Cl)ccc12)c1ncc(-c2ccc(F)cc2)[nH]1. The van der Waals surface area contributed by atoms with Crippen LogP contribution in [0.15, 0.2) is 54.9 Å². The van der Waals surface area contributed by atoms with Crippen molar-refractivity contribution in [3.8, 4) is 11.3 Å². The molecule has 8 heteroatoms. The lowest BCUT2D eigenvalue weighted by Gasteiger charge is -2.30. The molecule has 0 radical (unpaired) electrons. The molecule has 1 amide bonds. The number of imidazole rings is 1. The van der Waals surface area contributed by atoms with E-state index in [2.05, 4.69) is 20.3 Å². The normalized spacial score (nSPS) is 13.6. The Kier molecular flexibility index (Phi) is 5.93. The molecule has 2 aromatic carbocycles. The highest BCUT2D eigenvalue weighted by molar-refractivity contribution is 6.31. The number of nitrogens with zero attached hydrogens (tertiary/aromatic N) is 1. The summed E-state index contributed by atoms with van der Waals surface area (Å²) >= 11 is 6.13. The Morgan fingerprint density at radius 3 is 2.58 bits per heavy atom. The predicted octanol–water partition coefficient (Wildman–Crippen LogP) is 6.33. The number of halogens is 2. The Morgan fingerprint density at radius 1 is 1.15 bits per heavy atom. The third-order valence-electron chi connectivity index (χ3n) is 5.30. The third-order valence-corrected chi connectivity index (χ3v) is 5.54. The van der Waals surface area contributed by atoms with Gasteiger partial charge in [0.1, 0.15) is 22.8 Å². The number of aromatic nitrogens is 3. The molecule has 3 N–H and O–H groups in total. The van der Waals surface area contributed by atoms with E-state index in [-0.39, 0.29) is 5.82 Å². The molecule has 4 rings (SSSR count). The van der Waals surface area contributed by atoms with Crippen LogP contribution in [0.1, 0.15) is 39.1 Å². The number of amides is 1. The van der Waals surface area contributed by atoms with E-state index in [1.165, 1.54) is 12.1 Å². The second kappa shape index (κ2) is 8.56. The second-order valence-corrected chi connectivity index (χ2v) is 9.73. The molecule has 0 aliphatic heterocycles. The minimum atomic E-state index is -0.921. The monoisotopic (exact) mass is 468 g/mol. The lowest BCUT2D eigenvalue weighted by molar-refractivity contribution is 0.0456. The lowest BCUT2D eigenvalue weighted by Crippen LogP contribution is -2.48. The Labute approximate surface area is 196 Å². The molecule has 0 spiro atoms. The van der Waals surface area contributed by atoms with Crippen LogP contribution in [0.3, 0.4) is 0 Å². The molecule has 0 aliphatic rings. The van der Waals surface area contributed by atoms with E-state index >= 15 is 0 Å². The van der Waals surface area contributed by atoms with Gasteiger partial charge in [0.15, 0.2) is 0 Å². The van der Waals surface area contributed by atoms with Crippen LogP contribution in [0.5, 0.6) is 0 Å². The summed E-state index contributed by atoms with van der Waals surface area (Å²) in [7, 11) is 0. The van der Waals surface area contributed by atoms with Gasteiger partial charge < -0.3 is 20.0 Å². The van der Waals surface area contributed by atoms with Crippen LogP contribution in [0.2, 0.25) is 5.02 Å². The van der Waals surface area contributed by atoms with Gasteiger partial charge >= 0.3 is 6.09 Å². The Hall–Kier alpha value is -3.32. The molecule has 0 fully saturated rings. The van der Waals surface area contributed by atoms with Crippen molar-refractivity contribution in [2.24, 2.45) is 0 Å². The van der Waals surface area contributed by atoms with Gasteiger partial charge in [0.2, 0.25) is 0 Å². The zero-order valence-corrected chi connectivity index (χ0v) is 19.7. The van der Waals surface area contributed by atoms with Crippen molar-refractivity contribution in [2.75, 3.05) is 0 Å². The van der Waals surface area contributed by atoms with E-state index in [1.54, 1.807) is 18.3 Å². The van der Waals surface area contributed by atoms with Crippen LogP contribution in [0.4, 0.5) is 9.18 Å². The van der Waals surface area contributed by atoms with Crippen molar-refractivity contribution in [1.82, 2.24) is 20.3 Å². The van der Waals surface area contributed by atoms with Crippen molar-refractivity contribution in [1.29, 1.82) is 0 Å². The number of ether oxygens (including phenoxy) is 1. The van der Waals surface area contributed by atoms with Gasteiger partial charge in [-0.05, 0) is 75.2 Å². The number of hydrogen-bond donors (Lipinski definition) is 3. The fraction of sp³-hybridized carbons (Fsp3) is 0.280. The first-order valence-electron chi connectivity index (χ1n) is 10.6. The van der Waals surface area contributed by atoms with Gasteiger partial charge in [0.25, 0.3) is 0 Å². The van der Waals surface area contributed by atoms with Gasteiger partial charge in [0, 0.05) is 28.5 Å². The Bertz CT molecular complexity index is 1290. The van der Waals surface area contributed by atoms with Crippen LogP contribution < -0.4 is 5.32 Å². The van der Waals surface area contributed by atoms with Crippen LogP contribution >= 0.6 is 11.6 Å². The number of benzene rings is 2. The number of H-pyrrole nitrogens is 2. The number of carbonyl (C=O) groups excluding carboxylic acids is 1. The third kappa shape index (κ3) is 5.20.